The zero-order valence-corrected chi connectivity index (χ0v) is 14.2. The van der Waals surface area contributed by atoms with Gasteiger partial charge in [-0.15, -0.1) is 0 Å². The first-order valence-corrected chi connectivity index (χ1v) is 8.03. The topological polar surface area (TPSA) is 24.0 Å². The smallest absolute Gasteiger partial charge is 0.178 e. The quantitative estimate of drug-likeness (QED) is 0.649. The predicted octanol–water partition coefficient (Wildman–Crippen LogP) is 4.52. The highest BCUT2D eigenvalue weighted by Gasteiger charge is 2.24. The Morgan fingerprint density at radius 2 is 2.24 bits per heavy atom. The second kappa shape index (κ2) is 5.59. The molecule has 0 aliphatic carbocycles. The SMILES string of the molecule is CC(C)=CCN1Cc2c(Cl)ccc3[nH]c(=S)n(c23)C[C@H]1C. The molecule has 1 aromatic carbocycles. The van der Waals surface area contributed by atoms with Crippen LogP contribution in [0.1, 0.15) is 26.3 Å². The number of nitrogens with zero attached hydrogens (tertiary/aromatic N) is 2. The van der Waals surface area contributed by atoms with Crippen LogP contribution in [0.5, 0.6) is 0 Å². The Balaban J connectivity index is 2.12. The summed E-state index contributed by atoms with van der Waals surface area (Å²) >= 11 is 11.9. The molecule has 1 N–H and O–H groups in total. The van der Waals surface area contributed by atoms with E-state index in [1.54, 1.807) is 0 Å². The number of allylic oxidation sites excluding steroid dienone is 1. The Labute approximate surface area is 135 Å². The molecule has 5 heteroatoms. The molecule has 2 aromatic rings. The third-order valence-electron chi connectivity index (χ3n) is 4.15. The number of imidazole rings is 1. The molecule has 3 rings (SSSR count). The summed E-state index contributed by atoms with van der Waals surface area (Å²) in [5.41, 5.74) is 4.76. The predicted molar refractivity (Wildman–Crippen MR) is 91.4 cm³/mol. The van der Waals surface area contributed by atoms with E-state index in [1.807, 2.05) is 12.1 Å². The first-order chi connectivity index (χ1) is 9.97. The lowest BCUT2D eigenvalue weighted by atomic mass is 10.1. The maximum Gasteiger partial charge on any atom is 0.178 e. The van der Waals surface area contributed by atoms with Crippen molar-refractivity contribution in [3.8, 4) is 0 Å². The molecule has 112 valence electrons. The van der Waals surface area contributed by atoms with Crippen molar-refractivity contribution in [2.45, 2.75) is 39.9 Å². The van der Waals surface area contributed by atoms with Crippen LogP contribution in [0, 0.1) is 4.77 Å². The van der Waals surface area contributed by atoms with Crippen molar-refractivity contribution in [3.63, 3.8) is 0 Å². The van der Waals surface area contributed by atoms with Crippen LogP contribution in [0.2, 0.25) is 5.02 Å². The highest BCUT2D eigenvalue weighted by Crippen LogP contribution is 2.31. The Bertz CT molecular complexity index is 768. The number of rotatable bonds is 2. The van der Waals surface area contributed by atoms with Crippen LogP contribution < -0.4 is 0 Å². The molecule has 0 fully saturated rings. The summed E-state index contributed by atoms with van der Waals surface area (Å²) in [7, 11) is 0. The summed E-state index contributed by atoms with van der Waals surface area (Å²) in [5, 5.41) is 0.821. The molecule has 0 unspecified atom stereocenters. The molecule has 1 aliphatic heterocycles. The fourth-order valence-corrected chi connectivity index (χ4v) is 3.40. The van der Waals surface area contributed by atoms with Crippen LogP contribution in [0.15, 0.2) is 23.8 Å². The summed E-state index contributed by atoms with van der Waals surface area (Å²) < 4.78 is 2.98. The van der Waals surface area contributed by atoms with E-state index in [2.05, 4.69) is 41.3 Å². The number of H-pyrrole nitrogens is 1. The Morgan fingerprint density at radius 3 is 2.95 bits per heavy atom. The maximum absolute atomic E-state index is 6.46. The van der Waals surface area contributed by atoms with Crippen molar-refractivity contribution in [2.24, 2.45) is 0 Å². The summed E-state index contributed by atoms with van der Waals surface area (Å²) in [6.45, 7) is 9.21. The number of halogens is 1. The third-order valence-corrected chi connectivity index (χ3v) is 4.82. The van der Waals surface area contributed by atoms with Crippen LogP contribution in [-0.2, 0) is 13.1 Å². The van der Waals surface area contributed by atoms with Crippen LogP contribution in [-0.4, -0.2) is 27.0 Å². The van der Waals surface area contributed by atoms with Crippen molar-refractivity contribution in [2.75, 3.05) is 6.54 Å². The van der Waals surface area contributed by atoms with Gasteiger partial charge in [-0.2, -0.15) is 0 Å². The van der Waals surface area contributed by atoms with Gasteiger partial charge in [0.05, 0.1) is 11.0 Å². The Kier molecular flexibility index (Phi) is 3.95. The van der Waals surface area contributed by atoms with Crippen molar-refractivity contribution in [3.05, 3.63) is 39.1 Å². The van der Waals surface area contributed by atoms with Gasteiger partial charge < -0.3 is 9.55 Å². The van der Waals surface area contributed by atoms with Crippen molar-refractivity contribution in [1.82, 2.24) is 14.5 Å². The molecule has 0 spiro atoms. The number of hydrogen-bond acceptors (Lipinski definition) is 2. The zero-order chi connectivity index (χ0) is 15.1. The van der Waals surface area contributed by atoms with Crippen LogP contribution in [0.25, 0.3) is 11.0 Å². The highest BCUT2D eigenvalue weighted by atomic mass is 35.5. The van der Waals surface area contributed by atoms with Crippen molar-refractivity contribution < 1.29 is 0 Å². The molecular weight excluding hydrogens is 302 g/mol. The number of aromatic amines is 1. The van der Waals surface area contributed by atoms with E-state index in [9.17, 15) is 0 Å². The lowest BCUT2D eigenvalue weighted by Crippen LogP contribution is -2.34. The van der Waals surface area contributed by atoms with E-state index in [0.717, 1.165) is 34.9 Å². The molecule has 0 saturated heterocycles. The maximum atomic E-state index is 6.46. The van der Waals surface area contributed by atoms with E-state index in [4.69, 9.17) is 23.8 Å². The molecule has 0 amide bonds. The minimum absolute atomic E-state index is 0.412. The second-order valence-electron chi connectivity index (χ2n) is 6.02. The van der Waals surface area contributed by atoms with Gasteiger partial charge in [-0.25, -0.2) is 0 Å². The number of benzene rings is 1. The minimum Gasteiger partial charge on any atom is -0.331 e. The molecule has 1 atom stereocenters. The fraction of sp³-hybridized carbons (Fsp3) is 0.438. The Morgan fingerprint density at radius 1 is 1.48 bits per heavy atom. The molecule has 1 aromatic heterocycles. The summed E-state index contributed by atoms with van der Waals surface area (Å²) in [4.78, 5) is 5.74. The number of nitrogens with one attached hydrogen (secondary N) is 1. The molecule has 0 radical (unpaired) electrons. The van der Waals surface area contributed by atoms with Crippen molar-refractivity contribution >= 4 is 34.9 Å². The zero-order valence-electron chi connectivity index (χ0n) is 12.6. The minimum atomic E-state index is 0.412. The van der Waals surface area contributed by atoms with Gasteiger partial charge in [0.2, 0.25) is 0 Å². The first kappa shape index (κ1) is 14.8. The van der Waals surface area contributed by atoms with Gasteiger partial charge in [0, 0.05) is 36.3 Å². The van der Waals surface area contributed by atoms with E-state index in [0.29, 0.717) is 6.04 Å². The summed E-state index contributed by atoms with van der Waals surface area (Å²) in [6.07, 6.45) is 2.27. The largest absolute Gasteiger partial charge is 0.331 e. The lowest BCUT2D eigenvalue weighted by molar-refractivity contribution is 0.210. The molecule has 0 saturated carbocycles. The van der Waals surface area contributed by atoms with E-state index in [1.165, 1.54) is 16.7 Å². The number of hydrogen-bond donors (Lipinski definition) is 1. The van der Waals surface area contributed by atoms with Gasteiger partial charge in [-0.05, 0) is 45.1 Å². The van der Waals surface area contributed by atoms with E-state index >= 15 is 0 Å². The summed E-state index contributed by atoms with van der Waals surface area (Å²) in [6, 6.07) is 4.39. The normalized spacial score (nSPS) is 18.8. The monoisotopic (exact) mass is 321 g/mol. The first-order valence-electron chi connectivity index (χ1n) is 7.24. The molecule has 1 aliphatic rings. The van der Waals surface area contributed by atoms with Crippen molar-refractivity contribution in [1.29, 1.82) is 0 Å². The van der Waals surface area contributed by atoms with Crippen LogP contribution >= 0.6 is 23.8 Å². The average molecular weight is 322 g/mol. The van der Waals surface area contributed by atoms with Crippen LogP contribution in [0.3, 0.4) is 0 Å². The number of aromatic nitrogens is 2. The Hall–Kier alpha value is -1.10. The molecule has 3 nitrogen and oxygen atoms in total. The van der Waals surface area contributed by atoms with Crippen LogP contribution in [0.4, 0.5) is 0 Å². The summed E-state index contributed by atoms with van der Waals surface area (Å²) in [5.74, 6) is 0. The molecule has 0 bridgehead atoms. The fourth-order valence-electron chi connectivity index (χ4n) is 2.91. The molecule has 21 heavy (non-hydrogen) atoms. The molecule has 2 heterocycles. The van der Waals surface area contributed by atoms with Gasteiger partial charge >= 0.3 is 0 Å². The van der Waals surface area contributed by atoms with Gasteiger partial charge in [-0.3, -0.25) is 4.90 Å². The average Bonchev–Trinajstić information content (AvgIpc) is 2.64. The molecular formula is C16H20ClN3S. The van der Waals surface area contributed by atoms with E-state index < -0.39 is 0 Å². The van der Waals surface area contributed by atoms with Gasteiger partial charge in [0.1, 0.15) is 0 Å². The van der Waals surface area contributed by atoms with E-state index in [-0.39, 0.29) is 0 Å². The van der Waals surface area contributed by atoms with Gasteiger partial charge in [0.25, 0.3) is 0 Å². The lowest BCUT2D eigenvalue weighted by Gasteiger charge is -2.26. The van der Waals surface area contributed by atoms with Gasteiger partial charge in [0.15, 0.2) is 4.77 Å². The standard InChI is InChI=1S/C16H20ClN3S/c1-10(2)6-7-19-9-12-13(17)4-5-14-15(12)20(8-11(19)3)16(21)18-14/h4-6,11H,7-9H2,1-3H3,(H,18,21)/t11-/m1/s1. The highest BCUT2D eigenvalue weighted by molar-refractivity contribution is 7.71. The second-order valence-corrected chi connectivity index (χ2v) is 6.82. The van der Waals surface area contributed by atoms with Gasteiger partial charge in [-0.1, -0.05) is 23.3 Å². The third kappa shape index (κ3) is 2.68.